The summed E-state index contributed by atoms with van der Waals surface area (Å²) >= 11 is 1.67. The second-order valence-electron chi connectivity index (χ2n) is 8.16. The molecule has 4 nitrogen and oxygen atoms in total. The number of hydrogen-bond donors (Lipinski definition) is 0. The van der Waals surface area contributed by atoms with Gasteiger partial charge in [-0.25, -0.2) is 4.85 Å². The van der Waals surface area contributed by atoms with Gasteiger partial charge in [-0.3, -0.25) is 0 Å². The summed E-state index contributed by atoms with van der Waals surface area (Å²) < 4.78 is 0. The zero-order valence-corrected chi connectivity index (χ0v) is 19.3. The first-order chi connectivity index (χ1) is 16.7. The van der Waals surface area contributed by atoms with E-state index in [1.807, 2.05) is 66.7 Å². The molecule has 34 heavy (non-hydrogen) atoms. The SMILES string of the molecule is [C-]#[N+]c1c(N2CCCC2)sc(/C=c2/ccc(=C(C#N)C#N)c3ccccc23)c1-c1ccccc1. The molecular weight excluding hydrogens is 436 g/mol. The molecule has 0 atom stereocenters. The van der Waals surface area contributed by atoms with E-state index in [4.69, 9.17) is 6.57 Å². The Labute approximate surface area is 202 Å². The van der Waals surface area contributed by atoms with Crippen molar-refractivity contribution >= 4 is 44.4 Å². The molecule has 1 aliphatic rings. The molecule has 3 aromatic carbocycles. The fourth-order valence-electron chi connectivity index (χ4n) is 4.60. The fourth-order valence-corrected chi connectivity index (χ4v) is 5.87. The molecule has 1 saturated heterocycles. The van der Waals surface area contributed by atoms with Crippen molar-refractivity contribution < 1.29 is 0 Å². The van der Waals surface area contributed by atoms with Crippen LogP contribution in [-0.2, 0) is 0 Å². The van der Waals surface area contributed by atoms with Crippen LogP contribution < -0.4 is 15.3 Å². The Morgan fingerprint density at radius 3 is 2.26 bits per heavy atom. The number of rotatable bonds is 3. The normalized spacial score (nSPS) is 13.4. The molecule has 0 N–H and O–H groups in total. The van der Waals surface area contributed by atoms with E-state index in [-0.39, 0.29) is 5.57 Å². The van der Waals surface area contributed by atoms with Crippen LogP contribution in [0.1, 0.15) is 17.7 Å². The van der Waals surface area contributed by atoms with Crippen molar-refractivity contribution in [2.24, 2.45) is 0 Å². The molecule has 2 heterocycles. The highest BCUT2D eigenvalue weighted by molar-refractivity contribution is 7.18. The summed E-state index contributed by atoms with van der Waals surface area (Å²) in [6, 6.07) is 25.8. The number of fused-ring (bicyclic) bond motifs is 1. The van der Waals surface area contributed by atoms with E-state index in [2.05, 4.69) is 28.0 Å². The van der Waals surface area contributed by atoms with Crippen molar-refractivity contribution in [1.29, 1.82) is 10.5 Å². The maximum absolute atomic E-state index is 9.42. The highest BCUT2D eigenvalue weighted by Gasteiger charge is 2.24. The van der Waals surface area contributed by atoms with Crippen molar-refractivity contribution in [3.05, 3.63) is 93.5 Å². The first kappa shape index (κ1) is 21.5. The molecule has 5 rings (SSSR count). The molecule has 1 aliphatic heterocycles. The van der Waals surface area contributed by atoms with Gasteiger partial charge in [-0.05, 0) is 40.5 Å². The molecule has 1 aromatic heterocycles. The van der Waals surface area contributed by atoms with Gasteiger partial charge in [0.2, 0.25) is 5.69 Å². The van der Waals surface area contributed by atoms with E-state index < -0.39 is 0 Å². The Kier molecular flexibility index (Phi) is 5.84. The quantitative estimate of drug-likeness (QED) is 0.369. The fraction of sp³-hybridized carbons (Fsp3) is 0.138. The summed E-state index contributed by atoms with van der Waals surface area (Å²) in [4.78, 5) is 7.38. The minimum atomic E-state index is 0.107. The van der Waals surface area contributed by atoms with Gasteiger partial charge in [-0.2, -0.15) is 10.5 Å². The zero-order valence-electron chi connectivity index (χ0n) is 18.5. The Morgan fingerprint density at radius 2 is 1.59 bits per heavy atom. The Hall–Kier alpha value is -4.37. The molecule has 4 aromatic rings. The number of nitrogens with zero attached hydrogens (tertiary/aromatic N) is 4. The molecular formula is C29H20N4S. The molecule has 0 aliphatic carbocycles. The molecule has 1 fully saturated rings. The Morgan fingerprint density at radius 1 is 0.912 bits per heavy atom. The second kappa shape index (κ2) is 9.24. The third-order valence-electron chi connectivity index (χ3n) is 6.20. The van der Waals surface area contributed by atoms with Crippen LogP contribution in [0.15, 0.2) is 66.7 Å². The molecule has 162 valence electrons. The topological polar surface area (TPSA) is 55.2 Å². The van der Waals surface area contributed by atoms with Crippen LogP contribution in [0.3, 0.4) is 0 Å². The van der Waals surface area contributed by atoms with Crippen molar-refractivity contribution in [2.75, 3.05) is 18.0 Å². The van der Waals surface area contributed by atoms with Crippen LogP contribution in [0.5, 0.6) is 0 Å². The number of nitriles is 2. The van der Waals surface area contributed by atoms with Crippen LogP contribution in [-0.4, -0.2) is 13.1 Å². The van der Waals surface area contributed by atoms with Crippen LogP contribution in [0.25, 0.3) is 38.4 Å². The van der Waals surface area contributed by atoms with Crippen molar-refractivity contribution in [3.8, 4) is 23.3 Å². The Balaban J connectivity index is 1.83. The van der Waals surface area contributed by atoms with Gasteiger partial charge in [-0.1, -0.05) is 66.7 Å². The smallest absolute Gasteiger partial charge is 0.228 e. The summed E-state index contributed by atoms with van der Waals surface area (Å²) in [7, 11) is 0. The van der Waals surface area contributed by atoms with Gasteiger partial charge in [0.1, 0.15) is 17.7 Å². The number of thiophene rings is 1. The van der Waals surface area contributed by atoms with Gasteiger partial charge in [0.05, 0.1) is 11.6 Å². The maximum atomic E-state index is 9.42. The lowest BCUT2D eigenvalue weighted by molar-refractivity contribution is 0.949. The van der Waals surface area contributed by atoms with Gasteiger partial charge in [-0.15, -0.1) is 11.3 Å². The van der Waals surface area contributed by atoms with Gasteiger partial charge in [0.25, 0.3) is 0 Å². The van der Waals surface area contributed by atoms with E-state index in [1.54, 1.807) is 11.3 Å². The van der Waals surface area contributed by atoms with Crippen LogP contribution in [0.4, 0.5) is 10.7 Å². The van der Waals surface area contributed by atoms with E-state index in [1.165, 1.54) is 0 Å². The summed E-state index contributed by atoms with van der Waals surface area (Å²) in [6.45, 7) is 9.97. The van der Waals surface area contributed by atoms with Crippen molar-refractivity contribution in [1.82, 2.24) is 0 Å². The number of benzene rings is 3. The van der Waals surface area contributed by atoms with E-state index in [9.17, 15) is 10.5 Å². The van der Waals surface area contributed by atoms with E-state index in [0.717, 1.165) is 68.6 Å². The van der Waals surface area contributed by atoms with Gasteiger partial charge in [0, 0.05) is 28.7 Å². The predicted molar refractivity (Wildman–Crippen MR) is 139 cm³/mol. The molecule has 0 spiro atoms. The second-order valence-corrected chi connectivity index (χ2v) is 9.19. The highest BCUT2D eigenvalue weighted by atomic mass is 32.1. The zero-order chi connectivity index (χ0) is 23.5. The lowest BCUT2D eigenvalue weighted by atomic mass is 10.0. The predicted octanol–water partition coefficient (Wildman–Crippen LogP) is 5.75. The van der Waals surface area contributed by atoms with E-state index >= 15 is 0 Å². The number of hydrogen-bond acceptors (Lipinski definition) is 4. The van der Waals surface area contributed by atoms with Crippen LogP contribution in [0, 0.1) is 29.2 Å². The first-order valence-corrected chi connectivity index (χ1v) is 12.0. The summed E-state index contributed by atoms with van der Waals surface area (Å²) in [5.41, 5.74) is 2.83. The van der Waals surface area contributed by atoms with Crippen molar-refractivity contribution in [2.45, 2.75) is 12.8 Å². The lowest BCUT2D eigenvalue weighted by Crippen LogP contribution is -2.16. The maximum Gasteiger partial charge on any atom is 0.228 e. The molecule has 0 saturated carbocycles. The molecule has 0 bridgehead atoms. The largest absolute Gasteiger partial charge is 0.372 e. The third-order valence-corrected chi connectivity index (χ3v) is 7.38. The lowest BCUT2D eigenvalue weighted by Gasteiger charge is -2.15. The minimum absolute atomic E-state index is 0.107. The Bertz CT molecular complexity index is 1620. The van der Waals surface area contributed by atoms with Gasteiger partial charge in [0.15, 0.2) is 0 Å². The highest BCUT2D eigenvalue weighted by Crippen LogP contribution is 2.49. The summed E-state index contributed by atoms with van der Waals surface area (Å²) in [6.07, 6.45) is 4.45. The minimum Gasteiger partial charge on any atom is -0.372 e. The molecule has 0 amide bonds. The first-order valence-electron chi connectivity index (χ1n) is 11.1. The standard InChI is InChI=1S/C29H20N4S/c1-32-28-27(20-9-3-2-4-10-20)26(34-29(28)33-15-7-8-16-33)17-21-13-14-24(22(18-30)19-31)25-12-6-5-11-23(21)25/h2-6,9-14,17H,7-8,15-16H2/b21-17-. The van der Waals surface area contributed by atoms with Crippen molar-refractivity contribution in [3.63, 3.8) is 0 Å². The summed E-state index contributed by atoms with van der Waals surface area (Å²) in [5, 5.41) is 23.4. The molecule has 0 radical (unpaired) electrons. The van der Waals surface area contributed by atoms with Crippen LogP contribution in [0.2, 0.25) is 0 Å². The molecule has 0 unspecified atom stereocenters. The average Bonchev–Trinajstić information content (AvgIpc) is 3.54. The summed E-state index contributed by atoms with van der Waals surface area (Å²) in [5.74, 6) is 0. The van der Waals surface area contributed by atoms with E-state index in [0.29, 0.717) is 5.22 Å². The van der Waals surface area contributed by atoms with Gasteiger partial charge >= 0.3 is 0 Å². The average molecular weight is 457 g/mol. The molecule has 5 heteroatoms. The monoisotopic (exact) mass is 456 g/mol. The van der Waals surface area contributed by atoms with Gasteiger partial charge < -0.3 is 4.90 Å². The third kappa shape index (κ3) is 3.71. The number of anilines is 1. The van der Waals surface area contributed by atoms with Crippen LogP contribution >= 0.6 is 11.3 Å².